The molecule has 3 heterocycles. The summed E-state index contributed by atoms with van der Waals surface area (Å²) in [4.78, 5) is 26.0. The predicted molar refractivity (Wildman–Crippen MR) is 94.7 cm³/mol. The molecule has 0 radical (unpaired) electrons. The summed E-state index contributed by atoms with van der Waals surface area (Å²) in [5.74, 6) is -1.14. The fraction of sp³-hybridized carbons (Fsp3) is 0.111. The Morgan fingerprint density at radius 2 is 2.04 bits per heavy atom. The molecule has 0 saturated carbocycles. The summed E-state index contributed by atoms with van der Waals surface area (Å²) in [6.45, 7) is 1.99. The van der Waals surface area contributed by atoms with Gasteiger partial charge in [0.2, 0.25) is 5.56 Å². The molecule has 26 heavy (non-hydrogen) atoms. The molecule has 4 aromatic rings. The number of H-pyrrole nitrogens is 1. The van der Waals surface area contributed by atoms with Crippen molar-refractivity contribution in [2.45, 2.75) is 13.5 Å². The summed E-state index contributed by atoms with van der Waals surface area (Å²) < 4.78 is 3.21. The zero-order chi connectivity index (χ0) is 18.3. The molecule has 8 nitrogen and oxygen atoms in total. The van der Waals surface area contributed by atoms with E-state index in [1.807, 2.05) is 36.5 Å². The molecule has 0 fully saturated rings. The van der Waals surface area contributed by atoms with E-state index < -0.39 is 5.97 Å². The molecule has 0 aliphatic carbocycles. The van der Waals surface area contributed by atoms with Crippen molar-refractivity contribution in [2.75, 3.05) is 0 Å². The third-order valence-electron chi connectivity index (χ3n) is 4.13. The molecule has 0 spiro atoms. The van der Waals surface area contributed by atoms with Gasteiger partial charge in [0, 0.05) is 17.8 Å². The number of benzene rings is 1. The summed E-state index contributed by atoms with van der Waals surface area (Å²) in [6.07, 6.45) is 3.53. The number of para-hydroxylation sites is 1. The number of carboxylic acid groups (broad SMARTS) is 1. The van der Waals surface area contributed by atoms with Crippen LogP contribution in [0, 0.1) is 6.92 Å². The van der Waals surface area contributed by atoms with Crippen LogP contribution in [0.2, 0.25) is 0 Å². The Morgan fingerprint density at radius 1 is 1.27 bits per heavy atom. The lowest BCUT2D eigenvalue weighted by Crippen LogP contribution is -2.09. The first-order chi connectivity index (χ1) is 12.5. The quantitative estimate of drug-likeness (QED) is 0.586. The van der Waals surface area contributed by atoms with Gasteiger partial charge in [-0.05, 0) is 24.6 Å². The van der Waals surface area contributed by atoms with Crippen molar-refractivity contribution >= 4 is 17.0 Å². The van der Waals surface area contributed by atoms with E-state index in [0.29, 0.717) is 16.6 Å². The second-order valence-corrected chi connectivity index (χ2v) is 5.98. The number of carbonyl (C=O) groups is 1. The highest BCUT2D eigenvalue weighted by Crippen LogP contribution is 2.20. The van der Waals surface area contributed by atoms with Crippen LogP contribution in [0.5, 0.6) is 0 Å². The summed E-state index contributed by atoms with van der Waals surface area (Å²) >= 11 is 0. The zero-order valence-electron chi connectivity index (χ0n) is 13.9. The molecule has 2 N–H and O–H groups in total. The van der Waals surface area contributed by atoms with Gasteiger partial charge in [-0.2, -0.15) is 10.2 Å². The lowest BCUT2D eigenvalue weighted by molar-refractivity contribution is 0.0691. The van der Waals surface area contributed by atoms with E-state index in [-0.39, 0.29) is 17.8 Å². The standard InChI is InChI=1S/C18H15N5O3/c1-11-7-14(24)20-17-15(11)16(18(25)26)21-23(17)10-12-8-19-22(9-12)13-5-3-2-4-6-13/h2-9H,10H2,1H3,(H,20,24)(H,25,26). The number of hydrogen-bond acceptors (Lipinski definition) is 4. The maximum atomic E-state index is 11.8. The molecule has 130 valence electrons. The van der Waals surface area contributed by atoms with Gasteiger partial charge in [-0.15, -0.1) is 0 Å². The molecule has 3 aromatic heterocycles. The van der Waals surface area contributed by atoms with Gasteiger partial charge in [0.1, 0.15) is 5.65 Å². The maximum Gasteiger partial charge on any atom is 0.357 e. The topological polar surface area (TPSA) is 106 Å². The third-order valence-corrected chi connectivity index (χ3v) is 4.13. The lowest BCUT2D eigenvalue weighted by Gasteiger charge is -2.02. The first kappa shape index (κ1) is 15.8. The van der Waals surface area contributed by atoms with Crippen molar-refractivity contribution in [3.8, 4) is 5.69 Å². The monoisotopic (exact) mass is 349 g/mol. The van der Waals surface area contributed by atoms with E-state index in [1.165, 1.54) is 10.7 Å². The number of pyridine rings is 1. The molecule has 1 aromatic carbocycles. The Balaban J connectivity index is 1.78. The summed E-state index contributed by atoms with van der Waals surface area (Å²) in [5, 5.41) is 18.4. The van der Waals surface area contributed by atoms with Gasteiger partial charge in [-0.25, -0.2) is 14.2 Å². The summed E-state index contributed by atoms with van der Waals surface area (Å²) in [5.41, 5.74) is 2.33. The first-order valence-corrected chi connectivity index (χ1v) is 7.95. The highest BCUT2D eigenvalue weighted by Gasteiger charge is 2.19. The van der Waals surface area contributed by atoms with Crippen molar-refractivity contribution in [1.29, 1.82) is 0 Å². The number of nitrogens with zero attached hydrogens (tertiary/aromatic N) is 4. The molecule has 0 unspecified atom stereocenters. The SMILES string of the molecule is Cc1cc(=O)[nH]c2c1c(C(=O)O)nn2Cc1cnn(-c2ccccc2)c1. The minimum Gasteiger partial charge on any atom is -0.476 e. The highest BCUT2D eigenvalue weighted by molar-refractivity contribution is 6.01. The minimum atomic E-state index is -1.14. The Kier molecular flexibility index (Phi) is 3.65. The van der Waals surface area contributed by atoms with E-state index in [4.69, 9.17) is 0 Å². The van der Waals surface area contributed by atoms with Gasteiger partial charge in [-0.3, -0.25) is 4.79 Å². The van der Waals surface area contributed by atoms with Gasteiger partial charge in [0.25, 0.3) is 0 Å². The molecular weight excluding hydrogens is 334 g/mol. The van der Waals surface area contributed by atoms with Crippen LogP contribution < -0.4 is 5.56 Å². The Hall–Kier alpha value is -3.68. The number of fused-ring (bicyclic) bond motifs is 1. The average Bonchev–Trinajstić information content (AvgIpc) is 3.22. The zero-order valence-corrected chi connectivity index (χ0v) is 13.9. The predicted octanol–water partition coefficient (Wildman–Crippen LogP) is 1.97. The van der Waals surface area contributed by atoms with Crippen LogP contribution in [0.4, 0.5) is 0 Å². The van der Waals surface area contributed by atoms with Crippen molar-refractivity contribution in [2.24, 2.45) is 0 Å². The van der Waals surface area contributed by atoms with E-state index in [0.717, 1.165) is 11.3 Å². The Morgan fingerprint density at radius 3 is 2.77 bits per heavy atom. The van der Waals surface area contributed by atoms with Gasteiger partial charge < -0.3 is 10.1 Å². The Labute approximate surface area is 147 Å². The van der Waals surface area contributed by atoms with E-state index in [1.54, 1.807) is 17.8 Å². The van der Waals surface area contributed by atoms with Crippen LogP contribution in [0.1, 0.15) is 21.6 Å². The van der Waals surface area contributed by atoms with Crippen molar-refractivity contribution in [3.63, 3.8) is 0 Å². The maximum absolute atomic E-state index is 11.8. The highest BCUT2D eigenvalue weighted by atomic mass is 16.4. The van der Waals surface area contributed by atoms with Crippen LogP contribution in [0.3, 0.4) is 0 Å². The molecule has 0 aliphatic rings. The van der Waals surface area contributed by atoms with Crippen LogP contribution in [-0.2, 0) is 6.54 Å². The number of aryl methyl sites for hydroxylation is 1. The molecule has 0 saturated heterocycles. The molecular formula is C18H15N5O3. The number of aromatic nitrogens is 5. The molecule has 8 heteroatoms. The number of aromatic carboxylic acids is 1. The van der Waals surface area contributed by atoms with Crippen LogP contribution >= 0.6 is 0 Å². The molecule has 0 atom stereocenters. The number of hydrogen-bond donors (Lipinski definition) is 2. The molecule has 4 rings (SSSR count). The van der Waals surface area contributed by atoms with Crippen molar-refractivity contribution in [3.05, 3.63) is 76.0 Å². The van der Waals surface area contributed by atoms with Crippen molar-refractivity contribution in [1.82, 2.24) is 24.5 Å². The smallest absolute Gasteiger partial charge is 0.357 e. The lowest BCUT2D eigenvalue weighted by atomic mass is 10.1. The first-order valence-electron chi connectivity index (χ1n) is 7.95. The average molecular weight is 349 g/mol. The van der Waals surface area contributed by atoms with Gasteiger partial charge in [-0.1, -0.05) is 18.2 Å². The number of aromatic amines is 1. The largest absolute Gasteiger partial charge is 0.476 e. The molecule has 0 amide bonds. The van der Waals surface area contributed by atoms with Crippen LogP contribution in [0.15, 0.2) is 53.6 Å². The molecule has 0 aliphatic heterocycles. The Bertz CT molecular complexity index is 1170. The number of rotatable bonds is 4. The van der Waals surface area contributed by atoms with Crippen LogP contribution in [0.25, 0.3) is 16.7 Å². The fourth-order valence-electron chi connectivity index (χ4n) is 2.98. The fourth-order valence-corrected chi connectivity index (χ4v) is 2.98. The normalized spacial score (nSPS) is 11.1. The van der Waals surface area contributed by atoms with E-state index >= 15 is 0 Å². The number of nitrogens with one attached hydrogen (secondary N) is 1. The summed E-state index contributed by atoms with van der Waals surface area (Å²) in [7, 11) is 0. The number of carboxylic acids is 1. The van der Waals surface area contributed by atoms with Crippen molar-refractivity contribution < 1.29 is 9.90 Å². The van der Waals surface area contributed by atoms with E-state index in [2.05, 4.69) is 15.2 Å². The van der Waals surface area contributed by atoms with E-state index in [9.17, 15) is 14.7 Å². The molecule has 0 bridgehead atoms. The third kappa shape index (κ3) is 2.67. The summed E-state index contributed by atoms with van der Waals surface area (Å²) in [6, 6.07) is 11.0. The van der Waals surface area contributed by atoms with Gasteiger partial charge >= 0.3 is 5.97 Å². The van der Waals surface area contributed by atoms with Gasteiger partial charge in [0.15, 0.2) is 5.69 Å². The minimum absolute atomic E-state index is 0.0794. The second-order valence-electron chi connectivity index (χ2n) is 5.98. The van der Waals surface area contributed by atoms with Crippen LogP contribution in [-0.4, -0.2) is 35.6 Å². The second kappa shape index (κ2) is 5.99. The van der Waals surface area contributed by atoms with Gasteiger partial charge in [0.05, 0.1) is 23.8 Å².